The molecule has 0 spiro atoms. The SMILES string of the molecule is NCCC(=O)CCC1CC1. The van der Waals surface area contributed by atoms with E-state index in [2.05, 4.69) is 0 Å². The lowest BCUT2D eigenvalue weighted by Gasteiger charge is -1.95. The summed E-state index contributed by atoms with van der Waals surface area (Å²) in [7, 11) is 0. The van der Waals surface area contributed by atoms with Gasteiger partial charge in [0.1, 0.15) is 5.78 Å². The molecular formula is C8H15NO. The largest absolute Gasteiger partial charge is 0.330 e. The number of Topliss-reactive ketones (excluding diaryl/α,β-unsaturated/α-hetero) is 1. The van der Waals surface area contributed by atoms with Crippen LogP contribution in [0.1, 0.15) is 32.1 Å². The Morgan fingerprint density at radius 1 is 1.40 bits per heavy atom. The van der Waals surface area contributed by atoms with Gasteiger partial charge in [0.05, 0.1) is 0 Å². The average Bonchev–Trinajstić information content (AvgIpc) is 2.67. The Bertz CT molecular complexity index is 118. The topological polar surface area (TPSA) is 43.1 Å². The molecule has 1 aliphatic rings. The lowest BCUT2D eigenvalue weighted by molar-refractivity contribution is -0.119. The predicted molar refractivity (Wildman–Crippen MR) is 40.6 cm³/mol. The molecule has 1 fully saturated rings. The van der Waals surface area contributed by atoms with Crippen molar-refractivity contribution in [3.63, 3.8) is 0 Å². The molecule has 0 bridgehead atoms. The highest BCUT2D eigenvalue weighted by Crippen LogP contribution is 2.33. The van der Waals surface area contributed by atoms with E-state index in [-0.39, 0.29) is 0 Å². The van der Waals surface area contributed by atoms with Gasteiger partial charge in [-0.2, -0.15) is 0 Å². The Morgan fingerprint density at radius 2 is 2.10 bits per heavy atom. The highest BCUT2D eigenvalue weighted by atomic mass is 16.1. The van der Waals surface area contributed by atoms with Gasteiger partial charge in [0.15, 0.2) is 0 Å². The van der Waals surface area contributed by atoms with Crippen molar-refractivity contribution in [2.75, 3.05) is 6.54 Å². The fourth-order valence-electron chi connectivity index (χ4n) is 1.06. The van der Waals surface area contributed by atoms with Gasteiger partial charge in [-0.3, -0.25) is 4.79 Å². The first kappa shape index (κ1) is 7.73. The fraction of sp³-hybridized carbons (Fsp3) is 0.875. The first-order chi connectivity index (χ1) is 4.83. The molecule has 0 aromatic carbocycles. The van der Waals surface area contributed by atoms with Crippen LogP contribution in [0.5, 0.6) is 0 Å². The second kappa shape index (κ2) is 3.71. The third-order valence-electron chi connectivity index (χ3n) is 1.95. The van der Waals surface area contributed by atoms with E-state index in [1.807, 2.05) is 0 Å². The summed E-state index contributed by atoms with van der Waals surface area (Å²) in [5, 5.41) is 0. The van der Waals surface area contributed by atoms with Crippen molar-refractivity contribution < 1.29 is 4.79 Å². The number of rotatable bonds is 5. The minimum atomic E-state index is 0.342. The molecule has 0 amide bonds. The van der Waals surface area contributed by atoms with Gasteiger partial charge in [0, 0.05) is 12.8 Å². The molecule has 2 N–H and O–H groups in total. The summed E-state index contributed by atoms with van der Waals surface area (Å²) in [4.78, 5) is 10.9. The molecule has 2 heteroatoms. The Labute approximate surface area is 61.8 Å². The van der Waals surface area contributed by atoms with Crippen LogP contribution in [0.4, 0.5) is 0 Å². The maximum atomic E-state index is 10.9. The number of hydrogen-bond acceptors (Lipinski definition) is 2. The molecule has 0 aromatic rings. The zero-order valence-electron chi connectivity index (χ0n) is 6.31. The van der Waals surface area contributed by atoms with Gasteiger partial charge in [-0.25, -0.2) is 0 Å². The molecule has 58 valence electrons. The third-order valence-corrected chi connectivity index (χ3v) is 1.95. The van der Waals surface area contributed by atoms with Crippen molar-refractivity contribution in [1.82, 2.24) is 0 Å². The Morgan fingerprint density at radius 3 is 2.60 bits per heavy atom. The van der Waals surface area contributed by atoms with Gasteiger partial charge in [-0.05, 0) is 18.9 Å². The van der Waals surface area contributed by atoms with Crippen LogP contribution in [0.25, 0.3) is 0 Å². The molecule has 0 unspecified atom stereocenters. The van der Waals surface area contributed by atoms with Crippen LogP contribution in [-0.4, -0.2) is 12.3 Å². The summed E-state index contributed by atoms with van der Waals surface area (Å²) < 4.78 is 0. The van der Waals surface area contributed by atoms with Crippen LogP contribution in [0.2, 0.25) is 0 Å². The van der Waals surface area contributed by atoms with E-state index in [0.717, 1.165) is 18.8 Å². The summed E-state index contributed by atoms with van der Waals surface area (Å²) in [5.41, 5.74) is 5.23. The van der Waals surface area contributed by atoms with E-state index in [0.29, 0.717) is 18.7 Å². The minimum absolute atomic E-state index is 0.342. The summed E-state index contributed by atoms with van der Waals surface area (Å²) >= 11 is 0. The van der Waals surface area contributed by atoms with Crippen molar-refractivity contribution in [1.29, 1.82) is 0 Å². The number of carbonyl (C=O) groups excluding carboxylic acids is 1. The van der Waals surface area contributed by atoms with Crippen LogP contribution in [-0.2, 0) is 4.79 Å². The van der Waals surface area contributed by atoms with Gasteiger partial charge >= 0.3 is 0 Å². The van der Waals surface area contributed by atoms with Crippen LogP contribution in [0.15, 0.2) is 0 Å². The standard InChI is InChI=1S/C8H15NO/c9-6-5-8(10)4-3-7-1-2-7/h7H,1-6,9H2. The average molecular weight is 141 g/mol. The molecule has 0 atom stereocenters. The number of ketones is 1. The molecule has 0 aliphatic heterocycles. The fourth-order valence-corrected chi connectivity index (χ4v) is 1.06. The van der Waals surface area contributed by atoms with Crippen molar-refractivity contribution in [2.45, 2.75) is 32.1 Å². The molecule has 10 heavy (non-hydrogen) atoms. The normalized spacial score (nSPS) is 17.3. The molecule has 1 rings (SSSR count). The van der Waals surface area contributed by atoms with Crippen LogP contribution in [0, 0.1) is 5.92 Å². The highest BCUT2D eigenvalue weighted by Gasteiger charge is 2.21. The molecule has 1 saturated carbocycles. The van der Waals surface area contributed by atoms with Gasteiger partial charge in [0.2, 0.25) is 0 Å². The van der Waals surface area contributed by atoms with E-state index in [1.54, 1.807) is 0 Å². The van der Waals surface area contributed by atoms with Crippen molar-refractivity contribution in [3.8, 4) is 0 Å². The maximum absolute atomic E-state index is 10.9. The van der Waals surface area contributed by atoms with E-state index >= 15 is 0 Å². The zero-order chi connectivity index (χ0) is 7.40. The van der Waals surface area contributed by atoms with E-state index in [1.165, 1.54) is 12.8 Å². The van der Waals surface area contributed by atoms with E-state index < -0.39 is 0 Å². The molecule has 0 heterocycles. The van der Waals surface area contributed by atoms with Crippen LogP contribution >= 0.6 is 0 Å². The summed E-state index contributed by atoms with van der Waals surface area (Å²) in [6.45, 7) is 0.517. The Hall–Kier alpha value is -0.370. The van der Waals surface area contributed by atoms with Gasteiger partial charge in [-0.15, -0.1) is 0 Å². The summed E-state index contributed by atoms with van der Waals surface area (Å²) in [6.07, 6.45) is 5.14. The monoisotopic (exact) mass is 141 g/mol. The lowest BCUT2D eigenvalue weighted by atomic mass is 10.1. The first-order valence-corrected chi connectivity index (χ1v) is 4.04. The van der Waals surface area contributed by atoms with Gasteiger partial charge < -0.3 is 5.73 Å². The quantitative estimate of drug-likeness (QED) is 0.623. The summed E-state index contributed by atoms with van der Waals surface area (Å²) in [5.74, 6) is 1.22. The van der Waals surface area contributed by atoms with Gasteiger partial charge in [0.25, 0.3) is 0 Å². The number of nitrogens with two attached hydrogens (primary N) is 1. The van der Waals surface area contributed by atoms with E-state index in [4.69, 9.17) is 5.73 Å². The Kier molecular flexibility index (Phi) is 2.87. The van der Waals surface area contributed by atoms with Crippen LogP contribution in [0.3, 0.4) is 0 Å². The first-order valence-electron chi connectivity index (χ1n) is 4.04. The molecule has 1 aliphatic carbocycles. The maximum Gasteiger partial charge on any atom is 0.134 e. The second-order valence-corrected chi connectivity index (χ2v) is 3.06. The number of hydrogen-bond donors (Lipinski definition) is 1. The number of carbonyl (C=O) groups is 1. The molecule has 0 aromatic heterocycles. The molecule has 2 nitrogen and oxygen atoms in total. The van der Waals surface area contributed by atoms with Crippen LogP contribution < -0.4 is 5.73 Å². The third kappa shape index (κ3) is 2.97. The Balaban J connectivity index is 1.94. The molecule has 0 radical (unpaired) electrons. The van der Waals surface area contributed by atoms with Crippen molar-refractivity contribution >= 4 is 5.78 Å². The van der Waals surface area contributed by atoms with Crippen molar-refractivity contribution in [3.05, 3.63) is 0 Å². The lowest BCUT2D eigenvalue weighted by Crippen LogP contribution is -2.07. The molecule has 0 saturated heterocycles. The zero-order valence-corrected chi connectivity index (χ0v) is 6.31. The minimum Gasteiger partial charge on any atom is -0.330 e. The van der Waals surface area contributed by atoms with Gasteiger partial charge in [-0.1, -0.05) is 12.8 Å². The summed E-state index contributed by atoms with van der Waals surface area (Å²) in [6, 6.07) is 0. The molecular weight excluding hydrogens is 126 g/mol. The van der Waals surface area contributed by atoms with Crippen molar-refractivity contribution in [2.24, 2.45) is 11.7 Å². The van der Waals surface area contributed by atoms with E-state index in [9.17, 15) is 4.79 Å². The predicted octanol–water partition coefficient (Wildman–Crippen LogP) is 1.09. The smallest absolute Gasteiger partial charge is 0.134 e. The second-order valence-electron chi connectivity index (χ2n) is 3.06. The highest BCUT2D eigenvalue weighted by molar-refractivity contribution is 5.78.